The van der Waals surface area contributed by atoms with Gasteiger partial charge in [-0.25, -0.2) is 4.79 Å². The van der Waals surface area contributed by atoms with Crippen LogP contribution in [0, 0.1) is 18.3 Å². The number of carbonyl (C=O) groups is 1. The third-order valence-corrected chi connectivity index (χ3v) is 5.57. The Morgan fingerprint density at radius 3 is 2.62 bits per heavy atom. The van der Waals surface area contributed by atoms with E-state index in [1.807, 2.05) is 31.2 Å². The topological polar surface area (TPSA) is 85.3 Å². The number of esters is 1. The second-order valence-corrected chi connectivity index (χ2v) is 7.22. The first-order valence-corrected chi connectivity index (χ1v) is 9.30. The molecule has 2 aromatic rings. The highest BCUT2D eigenvalue weighted by molar-refractivity contribution is 7.12. The van der Waals surface area contributed by atoms with Crippen LogP contribution in [0.1, 0.15) is 51.0 Å². The number of nitrogens with zero attached hydrogens (tertiary/aromatic N) is 1. The van der Waals surface area contributed by atoms with Crippen LogP contribution in [-0.4, -0.2) is 12.6 Å². The van der Waals surface area contributed by atoms with Crippen molar-refractivity contribution in [2.75, 3.05) is 6.61 Å². The van der Waals surface area contributed by atoms with Crippen molar-refractivity contribution in [1.29, 1.82) is 5.26 Å². The number of nitrogens with two attached hydrogens (primary N) is 1. The molecule has 0 fully saturated rings. The van der Waals surface area contributed by atoms with Crippen LogP contribution in [0.2, 0.25) is 0 Å². The van der Waals surface area contributed by atoms with E-state index in [-0.39, 0.29) is 18.4 Å². The van der Waals surface area contributed by atoms with Crippen LogP contribution in [0.4, 0.5) is 0 Å². The predicted molar refractivity (Wildman–Crippen MR) is 100 cm³/mol. The number of ether oxygens (including phenoxy) is 2. The van der Waals surface area contributed by atoms with E-state index in [1.165, 1.54) is 16.9 Å². The van der Waals surface area contributed by atoms with Crippen LogP contribution < -0.4 is 10.5 Å². The summed E-state index contributed by atoms with van der Waals surface area (Å²) in [7, 11) is 0. The summed E-state index contributed by atoms with van der Waals surface area (Å²) in [6.07, 6.45) is 0.938. The maximum atomic E-state index is 12.4. The Bertz CT molecular complexity index is 920. The molecule has 0 aliphatic carbocycles. The van der Waals surface area contributed by atoms with E-state index in [0.717, 1.165) is 21.7 Å². The fraction of sp³-hybridized carbons (Fsp3) is 0.300. The SMILES string of the molecule is CCOC(=O)c1c(C)sc2c1OC(N)=C(C#N)[C@H]2c1ccc(CC)cc1. The van der Waals surface area contributed by atoms with Crippen molar-refractivity contribution in [1.82, 2.24) is 0 Å². The molecule has 2 heterocycles. The van der Waals surface area contributed by atoms with Gasteiger partial charge in [-0.05, 0) is 31.4 Å². The number of allylic oxidation sites excluding steroid dienone is 1. The molecule has 0 amide bonds. The minimum atomic E-state index is -0.434. The highest BCUT2D eigenvalue weighted by Crippen LogP contribution is 2.49. The molecule has 3 rings (SSSR count). The van der Waals surface area contributed by atoms with E-state index in [2.05, 4.69) is 13.0 Å². The number of carbonyl (C=O) groups excluding carboxylic acids is 1. The summed E-state index contributed by atoms with van der Waals surface area (Å²) in [6, 6.07) is 10.3. The van der Waals surface area contributed by atoms with Gasteiger partial charge in [0.05, 0.1) is 17.4 Å². The Balaban J connectivity index is 2.17. The molecule has 6 heteroatoms. The minimum absolute atomic E-state index is 0.0351. The molecule has 2 N–H and O–H groups in total. The van der Waals surface area contributed by atoms with E-state index in [1.54, 1.807) is 6.92 Å². The van der Waals surface area contributed by atoms with Gasteiger partial charge in [0.1, 0.15) is 17.2 Å². The molecule has 0 saturated heterocycles. The molecular formula is C20H20N2O3S. The third-order valence-electron chi connectivity index (χ3n) is 4.42. The molecule has 5 nitrogen and oxygen atoms in total. The van der Waals surface area contributed by atoms with Crippen molar-refractivity contribution >= 4 is 17.3 Å². The first-order valence-electron chi connectivity index (χ1n) is 8.48. The van der Waals surface area contributed by atoms with Crippen LogP contribution in [0.15, 0.2) is 35.7 Å². The number of fused-ring (bicyclic) bond motifs is 1. The number of rotatable bonds is 4. The van der Waals surface area contributed by atoms with Gasteiger partial charge in [0.15, 0.2) is 5.75 Å². The highest BCUT2D eigenvalue weighted by Gasteiger charge is 2.37. The van der Waals surface area contributed by atoms with Gasteiger partial charge in [0.2, 0.25) is 5.88 Å². The summed E-state index contributed by atoms with van der Waals surface area (Å²) in [5.41, 5.74) is 8.94. The highest BCUT2D eigenvalue weighted by atomic mass is 32.1. The average molecular weight is 368 g/mol. The Hall–Kier alpha value is -2.78. The Kier molecular flexibility index (Phi) is 5.01. The van der Waals surface area contributed by atoms with Gasteiger partial charge in [0.25, 0.3) is 0 Å². The zero-order valence-electron chi connectivity index (χ0n) is 15.0. The smallest absolute Gasteiger partial charge is 0.343 e. The molecule has 1 aliphatic rings. The fourth-order valence-electron chi connectivity index (χ4n) is 3.10. The zero-order chi connectivity index (χ0) is 18.8. The van der Waals surface area contributed by atoms with Crippen LogP contribution in [0.3, 0.4) is 0 Å². The summed E-state index contributed by atoms with van der Waals surface area (Å²) in [5, 5.41) is 9.63. The zero-order valence-corrected chi connectivity index (χ0v) is 15.8. The second-order valence-electron chi connectivity index (χ2n) is 5.97. The summed E-state index contributed by atoms with van der Waals surface area (Å²) in [5.74, 6) is -0.336. The fourth-order valence-corrected chi connectivity index (χ4v) is 4.31. The largest absolute Gasteiger partial charge is 0.462 e. The van der Waals surface area contributed by atoms with Crippen LogP contribution >= 0.6 is 11.3 Å². The van der Waals surface area contributed by atoms with Gasteiger partial charge in [-0.3, -0.25) is 0 Å². The molecule has 1 atom stereocenters. The summed E-state index contributed by atoms with van der Waals surface area (Å²) < 4.78 is 10.9. The number of hydrogen-bond acceptors (Lipinski definition) is 6. The lowest BCUT2D eigenvalue weighted by Gasteiger charge is -2.24. The number of benzene rings is 1. The van der Waals surface area contributed by atoms with E-state index in [9.17, 15) is 10.1 Å². The summed E-state index contributed by atoms with van der Waals surface area (Å²) in [6.45, 7) is 5.97. The summed E-state index contributed by atoms with van der Waals surface area (Å²) in [4.78, 5) is 14.0. The lowest BCUT2D eigenvalue weighted by molar-refractivity contribution is 0.0522. The Morgan fingerprint density at radius 1 is 1.35 bits per heavy atom. The predicted octanol–water partition coefficient (Wildman–Crippen LogP) is 4.01. The van der Waals surface area contributed by atoms with Crippen LogP contribution in [-0.2, 0) is 11.2 Å². The first kappa shape index (κ1) is 18.0. The average Bonchev–Trinajstić information content (AvgIpc) is 2.96. The van der Waals surface area contributed by atoms with Crippen LogP contribution in [0.25, 0.3) is 0 Å². The van der Waals surface area contributed by atoms with Gasteiger partial charge in [0, 0.05) is 4.88 Å². The molecule has 26 heavy (non-hydrogen) atoms. The van der Waals surface area contributed by atoms with Crippen molar-refractivity contribution in [2.24, 2.45) is 5.73 Å². The van der Waals surface area contributed by atoms with Gasteiger partial charge in [-0.2, -0.15) is 5.26 Å². The first-order chi connectivity index (χ1) is 12.5. The van der Waals surface area contributed by atoms with Crippen molar-refractivity contribution in [3.05, 3.63) is 62.2 Å². The van der Waals surface area contributed by atoms with Gasteiger partial charge in [-0.15, -0.1) is 11.3 Å². The normalized spacial score (nSPS) is 15.8. The molecule has 0 saturated carbocycles. The molecule has 0 unspecified atom stereocenters. The minimum Gasteiger partial charge on any atom is -0.462 e. The summed E-state index contributed by atoms with van der Waals surface area (Å²) >= 11 is 1.44. The van der Waals surface area contributed by atoms with E-state index >= 15 is 0 Å². The van der Waals surface area contributed by atoms with Gasteiger partial charge in [-0.1, -0.05) is 31.2 Å². The second kappa shape index (κ2) is 7.22. The van der Waals surface area contributed by atoms with Crippen molar-refractivity contribution in [2.45, 2.75) is 33.1 Å². The maximum absolute atomic E-state index is 12.4. The Morgan fingerprint density at radius 2 is 2.04 bits per heavy atom. The lowest BCUT2D eigenvalue weighted by Crippen LogP contribution is -2.21. The number of nitriles is 1. The van der Waals surface area contributed by atoms with Gasteiger partial charge < -0.3 is 15.2 Å². The van der Waals surface area contributed by atoms with E-state index < -0.39 is 5.97 Å². The molecule has 1 aromatic heterocycles. The lowest BCUT2D eigenvalue weighted by atomic mass is 9.87. The standard InChI is InChI=1S/C20H20N2O3S/c1-4-12-6-8-13(9-7-12)16-14(10-21)19(22)25-17-15(20(23)24-5-2)11(3)26-18(16)17/h6-9,16H,4-5,22H2,1-3H3/t16-/m1/s1. The Labute approximate surface area is 156 Å². The molecule has 134 valence electrons. The van der Waals surface area contributed by atoms with Crippen LogP contribution in [0.5, 0.6) is 5.75 Å². The molecule has 1 aromatic carbocycles. The number of aryl methyl sites for hydroxylation is 2. The third kappa shape index (κ3) is 2.95. The van der Waals surface area contributed by atoms with Crippen molar-refractivity contribution in [3.8, 4) is 11.8 Å². The number of hydrogen-bond donors (Lipinski definition) is 1. The monoisotopic (exact) mass is 368 g/mol. The molecular weight excluding hydrogens is 348 g/mol. The number of thiophene rings is 1. The van der Waals surface area contributed by atoms with Crippen molar-refractivity contribution < 1.29 is 14.3 Å². The van der Waals surface area contributed by atoms with E-state index in [4.69, 9.17) is 15.2 Å². The molecule has 0 radical (unpaired) electrons. The van der Waals surface area contributed by atoms with Crippen molar-refractivity contribution in [3.63, 3.8) is 0 Å². The maximum Gasteiger partial charge on any atom is 0.343 e. The molecule has 1 aliphatic heterocycles. The van der Waals surface area contributed by atoms with Gasteiger partial charge >= 0.3 is 5.97 Å². The quantitative estimate of drug-likeness (QED) is 0.824. The van der Waals surface area contributed by atoms with E-state index in [0.29, 0.717) is 16.9 Å². The molecule has 0 spiro atoms. The molecule has 0 bridgehead atoms.